The number of likely N-dealkylation sites (N-methyl/N-ethyl adjacent to an activating group) is 1. The smallest absolute Gasteiger partial charge is 0.147 e. The highest BCUT2D eigenvalue weighted by atomic mass is 16.3. The molecule has 0 saturated heterocycles. The van der Waals surface area contributed by atoms with E-state index in [0.29, 0.717) is 11.4 Å². The molecule has 0 aliphatic heterocycles. The molecule has 2 rings (SSSR count). The Bertz CT molecular complexity index is 517. The number of aromatic nitrogens is 1. The lowest BCUT2D eigenvalue weighted by molar-refractivity contribution is 0.215. The standard InChI is InChI=1S/C15H21N3O/c1-15(2,10-19)18(3)14-12(9-16)8-11-6-4-5-7-13(11)17-14/h8,19H,4-7,10H2,1-3H3. The molecule has 1 aliphatic carbocycles. The van der Waals surface area contributed by atoms with Crippen LogP contribution in [0.5, 0.6) is 0 Å². The first kappa shape index (κ1) is 13.8. The Balaban J connectivity index is 2.48. The summed E-state index contributed by atoms with van der Waals surface area (Å²) in [6, 6.07) is 4.21. The summed E-state index contributed by atoms with van der Waals surface area (Å²) in [6.45, 7) is 3.90. The summed E-state index contributed by atoms with van der Waals surface area (Å²) in [6.07, 6.45) is 4.35. The van der Waals surface area contributed by atoms with Crippen molar-refractivity contribution in [2.45, 2.75) is 45.1 Å². The Morgan fingerprint density at radius 1 is 1.42 bits per heavy atom. The van der Waals surface area contributed by atoms with Crippen molar-refractivity contribution >= 4 is 5.82 Å². The van der Waals surface area contributed by atoms with E-state index >= 15 is 0 Å². The van der Waals surface area contributed by atoms with Crippen LogP contribution in [0.25, 0.3) is 0 Å². The molecule has 0 aromatic carbocycles. The number of nitriles is 1. The molecular weight excluding hydrogens is 238 g/mol. The molecule has 19 heavy (non-hydrogen) atoms. The first-order valence-corrected chi connectivity index (χ1v) is 6.77. The summed E-state index contributed by atoms with van der Waals surface area (Å²) in [5, 5.41) is 18.8. The van der Waals surface area contributed by atoms with Gasteiger partial charge in [0.05, 0.1) is 17.7 Å². The van der Waals surface area contributed by atoms with Crippen LogP contribution in [0.3, 0.4) is 0 Å². The lowest BCUT2D eigenvalue weighted by atomic mass is 9.94. The molecule has 0 fully saturated rings. The molecule has 1 aromatic heterocycles. The molecule has 4 nitrogen and oxygen atoms in total. The fourth-order valence-electron chi connectivity index (χ4n) is 2.35. The number of aliphatic hydroxyl groups is 1. The first-order valence-electron chi connectivity index (χ1n) is 6.77. The minimum absolute atomic E-state index is 0.0210. The van der Waals surface area contributed by atoms with Gasteiger partial charge in [-0.25, -0.2) is 4.98 Å². The molecule has 0 atom stereocenters. The Hall–Kier alpha value is -1.60. The van der Waals surface area contributed by atoms with Gasteiger partial charge in [0.15, 0.2) is 0 Å². The van der Waals surface area contributed by atoms with Gasteiger partial charge in [-0.15, -0.1) is 0 Å². The molecule has 4 heteroatoms. The van der Waals surface area contributed by atoms with E-state index < -0.39 is 5.54 Å². The van der Waals surface area contributed by atoms with Crippen LogP contribution in [0.1, 0.15) is 43.5 Å². The molecule has 1 N–H and O–H groups in total. The fraction of sp³-hybridized carbons (Fsp3) is 0.600. The number of fused-ring (bicyclic) bond motifs is 1. The molecule has 0 radical (unpaired) electrons. The topological polar surface area (TPSA) is 60.2 Å². The van der Waals surface area contributed by atoms with Crippen LogP contribution in [0.2, 0.25) is 0 Å². The summed E-state index contributed by atoms with van der Waals surface area (Å²) >= 11 is 0. The van der Waals surface area contributed by atoms with Gasteiger partial charge in [0, 0.05) is 12.7 Å². The van der Waals surface area contributed by atoms with Crippen molar-refractivity contribution in [2.24, 2.45) is 0 Å². The second-order valence-electron chi connectivity index (χ2n) is 5.81. The highest BCUT2D eigenvalue weighted by Crippen LogP contribution is 2.29. The van der Waals surface area contributed by atoms with Gasteiger partial charge in [0.2, 0.25) is 0 Å². The molecule has 1 heterocycles. The highest BCUT2D eigenvalue weighted by Gasteiger charge is 2.27. The van der Waals surface area contributed by atoms with Gasteiger partial charge in [0.25, 0.3) is 0 Å². The summed E-state index contributed by atoms with van der Waals surface area (Å²) in [5.74, 6) is 0.683. The third kappa shape index (κ3) is 2.57. The van der Waals surface area contributed by atoms with Gasteiger partial charge >= 0.3 is 0 Å². The summed E-state index contributed by atoms with van der Waals surface area (Å²) in [7, 11) is 1.88. The zero-order valence-corrected chi connectivity index (χ0v) is 11.9. The highest BCUT2D eigenvalue weighted by molar-refractivity contribution is 5.57. The number of pyridine rings is 1. The normalized spacial score (nSPS) is 14.7. The van der Waals surface area contributed by atoms with Gasteiger partial charge in [-0.1, -0.05) is 0 Å². The Labute approximate surface area is 114 Å². The summed E-state index contributed by atoms with van der Waals surface area (Å²) in [5.41, 5.74) is 2.49. The van der Waals surface area contributed by atoms with Gasteiger partial charge < -0.3 is 10.0 Å². The van der Waals surface area contributed by atoms with Crippen LogP contribution in [-0.4, -0.2) is 29.3 Å². The Morgan fingerprint density at radius 3 is 2.74 bits per heavy atom. The lowest BCUT2D eigenvalue weighted by Gasteiger charge is -2.36. The average Bonchev–Trinajstić information content (AvgIpc) is 2.44. The number of aliphatic hydroxyl groups excluding tert-OH is 1. The molecule has 102 valence electrons. The largest absolute Gasteiger partial charge is 0.394 e. The minimum Gasteiger partial charge on any atom is -0.394 e. The van der Waals surface area contributed by atoms with E-state index in [1.165, 1.54) is 18.4 Å². The van der Waals surface area contributed by atoms with Crippen molar-refractivity contribution < 1.29 is 5.11 Å². The van der Waals surface area contributed by atoms with Crippen molar-refractivity contribution in [1.82, 2.24) is 4.98 Å². The lowest BCUT2D eigenvalue weighted by Crippen LogP contribution is -2.45. The molecule has 1 aromatic rings. The van der Waals surface area contributed by atoms with E-state index in [0.717, 1.165) is 18.5 Å². The SMILES string of the molecule is CN(c1nc2c(cc1C#N)CCCC2)C(C)(C)CO. The molecular formula is C15H21N3O. The molecule has 0 unspecified atom stereocenters. The van der Waals surface area contributed by atoms with Crippen molar-refractivity contribution in [2.75, 3.05) is 18.6 Å². The van der Waals surface area contributed by atoms with Gasteiger partial charge in [-0.3, -0.25) is 0 Å². The molecule has 0 bridgehead atoms. The van der Waals surface area contributed by atoms with E-state index in [2.05, 4.69) is 6.07 Å². The molecule has 1 aliphatic rings. The quantitative estimate of drug-likeness (QED) is 0.902. The monoisotopic (exact) mass is 259 g/mol. The van der Waals surface area contributed by atoms with Crippen LogP contribution in [0.15, 0.2) is 6.07 Å². The minimum atomic E-state index is -0.429. The van der Waals surface area contributed by atoms with Gasteiger partial charge in [-0.2, -0.15) is 5.26 Å². The summed E-state index contributed by atoms with van der Waals surface area (Å²) in [4.78, 5) is 6.59. The first-order chi connectivity index (χ1) is 8.99. The zero-order valence-electron chi connectivity index (χ0n) is 11.9. The summed E-state index contributed by atoms with van der Waals surface area (Å²) < 4.78 is 0. The number of hydrogen-bond acceptors (Lipinski definition) is 4. The van der Waals surface area contributed by atoms with Crippen molar-refractivity contribution in [3.8, 4) is 6.07 Å². The van der Waals surface area contributed by atoms with Gasteiger partial charge in [0.1, 0.15) is 11.9 Å². The predicted octanol–water partition coefficient (Wildman–Crippen LogP) is 2.04. The third-order valence-corrected chi connectivity index (χ3v) is 4.01. The van der Waals surface area contributed by atoms with Crippen LogP contribution < -0.4 is 4.90 Å². The van der Waals surface area contributed by atoms with E-state index in [4.69, 9.17) is 4.98 Å². The van der Waals surface area contributed by atoms with E-state index in [9.17, 15) is 10.4 Å². The Morgan fingerprint density at radius 2 is 2.11 bits per heavy atom. The van der Waals surface area contributed by atoms with E-state index in [1.54, 1.807) is 0 Å². The van der Waals surface area contributed by atoms with Gasteiger partial charge in [-0.05, 0) is 51.2 Å². The number of aryl methyl sites for hydroxylation is 2. The molecule has 0 spiro atoms. The van der Waals surface area contributed by atoms with Crippen LogP contribution in [-0.2, 0) is 12.8 Å². The number of anilines is 1. The van der Waals surface area contributed by atoms with Crippen LogP contribution >= 0.6 is 0 Å². The Kier molecular flexibility index (Phi) is 3.77. The molecule has 0 saturated carbocycles. The molecule has 0 amide bonds. The van der Waals surface area contributed by atoms with Crippen molar-refractivity contribution in [3.63, 3.8) is 0 Å². The maximum Gasteiger partial charge on any atom is 0.147 e. The maximum atomic E-state index is 9.48. The number of rotatable bonds is 3. The van der Waals surface area contributed by atoms with E-state index in [-0.39, 0.29) is 6.61 Å². The van der Waals surface area contributed by atoms with E-state index in [1.807, 2.05) is 31.9 Å². The third-order valence-electron chi connectivity index (χ3n) is 4.01. The second-order valence-corrected chi connectivity index (χ2v) is 5.81. The number of hydrogen-bond donors (Lipinski definition) is 1. The van der Waals surface area contributed by atoms with Crippen LogP contribution in [0.4, 0.5) is 5.82 Å². The van der Waals surface area contributed by atoms with Crippen LogP contribution in [0, 0.1) is 11.3 Å². The number of nitrogens with zero attached hydrogens (tertiary/aromatic N) is 3. The average molecular weight is 259 g/mol. The van der Waals surface area contributed by atoms with Crippen molar-refractivity contribution in [1.29, 1.82) is 5.26 Å². The van der Waals surface area contributed by atoms with Crippen molar-refractivity contribution in [3.05, 3.63) is 22.9 Å². The maximum absolute atomic E-state index is 9.48. The predicted molar refractivity (Wildman–Crippen MR) is 75.2 cm³/mol. The fourth-order valence-corrected chi connectivity index (χ4v) is 2.35. The zero-order chi connectivity index (χ0) is 14.0. The second kappa shape index (κ2) is 5.18.